The Morgan fingerprint density at radius 1 is 1.25 bits per heavy atom. The van der Waals surface area contributed by atoms with Gasteiger partial charge in [-0.25, -0.2) is 4.98 Å². The van der Waals surface area contributed by atoms with Crippen LogP contribution in [0, 0.1) is 6.92 Å². The molecule has 0 fully saturated rings. The Morgan fingerprint density at radius 2 is 2.00 bits per heavy atom. The summed E-state index contributed by atoms with van der Waals surface area (Å²) in [5.74, 6) is 0.385. The van der Waals surface area contributed by atoms with Gasteiger partial charge in [-0.05, 0) is 37.0 Å². The lowest BCUT2D eigenvalue weighted by Gasteiger charge is -2.12. The molecule has 1 aromatic carbocycles. The van der Waals surface area contributed by atoms with Crippen molar-refractivity contribution < 1.29 is 4.79 Å². The van der Waals surface area contributed by atoms with Gasteiger partial charge in [-0.1, -0.05) is 36.4 Å². The second-order valence-electron chi connectivity index (χ2n) is 4.79. The fraction of sp³-hybridized carbons (Fsp3) is 0.250. The molecular formula is C16H19N3O. The normalized spacial score (nSPS) is 11.9. The van der Waals surface area contributed by atoms with Crippen LogP contribution in [0.4, 0.5) is 5.82 Å². The van der Waals surface area contributed by atoms with E-state index in [1.807, 2.05) is 49.4 Å². The second kappa shape index (κ2) is 6.82. The Morgan fingerprint density at radius 3 is 2.70 bits per heavy atom. The highest BCUT2D eigenvalue weighted by atomic mass is 16.2. The molecule has 0 spiro atoms. The van der Waals surface area contributed by atoms with E-state index in [4.69, 9.17) is 5.73 Å². The molecule has 0 saturated heterocycles. The molecule has 0 radical (unpaired) electrons. The first-order valence-corrected chi connectivity index (χ1v) is 6.69. The van der Waals surface area contributed by atoms with E-state index in [9.17, 15) is 4.79 Å². The van der Waals surface area contributed by atoms with Crippen LogP contribution in [0.15, 0.2) is 48.7 Å². The summed E-state index contributed by atoms with van der Waals surface area (Å²) in [5, 5.41) is 2.77. The number of hydrogen-bond donors (Lipinski definition) is 2. The van der Waals surface area contributed by atoms with Crippen molar-refractivity contribution in [1.82, 2.24) is 4.98 Å². The molecule has 0 aliphatic heterocycles. The predicted molar refractivity (Wildman–Crippen MR) is 80.3 cm³/mol. The minimum atomic E-state index is -0.531. The highest BCUT2D eigenvalue weighted by molar-refractivity contribution is 5.94. The van der Waals surface area contributed by atoms with E-state index in [1.54, 1.807) is 6.20 Å². The number of aromatic nitrogens is 1. The average Bonchev–Trinajstić information content (AvgIpc) is 2.48. The predicted octanol–water partition coefficient (Wildman–Crippen LogP) is 2.29. The zero-order valence-electron chi connectivity index (χ0n) is 11.5. The summed E-state index contributed by atoms with van der Waals surface area (Å²) in [6.45, 7) is 1.90. The summed E-state index contributed by atoms with van der Waals surface area (Å²) in [5.41, 5.74) is 8.04. The van der Waals surface area contributed by atoms with Gasteiger partial charge < -0.3 is 11.1 Å². The molecule has 104 valence electrons. The average molecular weight is 269 g/mol. The van der Waals surface area contributed by atoms with Crippen LogP contribution >= 0.6 is 0 Å². The maximum atomic E-state index is 12.0. The van der Waals surface area contributed by atoms with Gasteiger partial charge in [-0.15, -0.1) is 0 Å². The molecule has 0 saturated carbocycles. The van der Waals surface area contributed by atoms with E-state index in [0.29, 0.717) is 12.2 Å². The third-order valence-corrected chi connectivity index (χ3v) is 3.17. The minimum absolute atomic E-state index is 0.192. The number of benzene rings is 1. The molecule has 1 amide bonds. The first kappa shape index (κ1) is 14.2. The van der Waals surface area contributed by atoms with Crippen molar-refractivity contribution in [3.8, 4) is 0 Å². The number of pyridine rings is 1. The Bertz CT molecular complexity index is 569. The molecule has 2 rings (SSSR count). The third kappa shape index (κ3) is 3.90. The summed E-state index contributed by atoms with van der Waals surface area (Å²) in [6.07, 6.45) is 3.05. The molecule has 0 bridgehead atoms. The summed E-state index contributed by atoms with van der Waals surface area (Å²) in [7, 11) is 0. The van der Waals surface area contributed by atoms with Gasteiger partial charge in [0.15, 0.2) is 0 Å². The zero-order chi connectivity index (χ0) is 14.4. The molecule has 1 heterocycles. The van der Waals surface area contributed by atoms with Crippen molar-refractivity contribution >= 4 is 11.7 Å². The van der Waals surface area contributed by atoms with Gasteiger partial charge in [-0.2, -0.15) is 0 Å². The summed E-state index contributed by atoms with van der Waals surface area (Å²) >= 11 is 0. The zero-order valence-corrected chi connectivity index (χ0v) is 11.5. The number of aryl methyl sites for hydroxylation is 2. The Hall–Kier alpha value is -2.20. The number of rotatable bonds is 5. The van der Waals surface area contributed by atoms with E-state index in [-0.39, 0.29) is 5.91 Å². The van der Waals surface area contributed by atoms with Gasteiger partial charge in [0.1, 0.15) is 5.82 Å². The number of amides is 1. The highest BCUT2D eigenvalue weighted by Crippen LogP contribution is 2.10. The molecule has 2 aromatic rings. The van der Waals surface area contributed by atoms with E-state index in [1.165, 1.54) is 5.56 Å². The van der Waals surface area contributed by atoms with Crippen LogP contribution in [-0.4, -0.2) is 16.9 Å². The number of anilines is 1. The van der Waals surface area contributed by atoms with Crippen molar-refractivity contribution in [2.45, 2.75) is 25.8 Å². The van der Waals surface area contributed by atoms with Gasteiger partial charge in [0.25, 0.3) is 0 Å². The van der Waals surface area contributed by atoms with Gasteiger partial charge in [0, 0.05) is 6.20 Å². The summed E-state index contributed by atoms with van der Waals surface area (Å²) < 4.78 is 0. The largest absolute Gasteiger partial charge is 0.320 e. The Balaban J connectivity index is 1.88. The molecule has 1 aromatic heterocycles. The molecule has 0 aliphatic carbocycles. The van der Waals surface area contributed by atoms with E-state index in [0.717, 1.165) is 12.0 Å². The van der Waals surface area contributed by atoms with Crippen molar-refractivity contribution in [3.05, 3.63) is 59.8 Å². The summed E-state index contributed by atoms with van der Waals surface area (Å²) in [4.78, 5) is 16.1. The smallest absolute Gasteiger partial charge is 0.242 e. The van der Waals surface area contributed by atoms with E-state index in [2.05, 4.69) is 10.3 Å². The molecule has 3 N–H and O–H groups in total. The number of nitrogens with zero attached hydrogens (tertiary/aromatic N) is 1. The quantitative estimate of drug-likeness (QED) is 0.875. The monoisotopic (exact) mass is 269 g/mol. The molecule has 1 unspecified atom stereocenters. The fourth-order valence-corrected chi connectivity index (χ4v) is 1.92. The minimum Gasteiger partial charge on any atom is -0.320 e. The molecule has 1 atom stereocenters. The van der Waals surface area contributed by atoms with Crippen molar-refractivity contribution in [2.24, 2.45) is 5.73 Å². The highest BCUT2D eigenvalue weighted by Gasteiger charge is 2.14. The first-order chi connectivity index (χ1) is 9.66. The van der Waals surface area contributed by atoms with Crippen LogP contribution in [0.5, 0.6) is 0 Å². The first-order valence-electron chi connectivity index (χ1n) is 6.69. The van der Waals surface area contributed by atoms with Crippen molar-refractivity contribution in [1.29, 1.82) is 0 Å². The second-order valence-corrected chi connectivity index (χ2v) is 4.79. The van der Waals surface area contributed by atoms with Crippen LogP contribution in [0.3, 0.4) is 0 Å². The number of carbonyl (C=O) groups is 1. The number of nitrogens with one attached hydrogen (secondary N) is 1. The SMILES string of the molecule is Cc1cccnc1NC(=O)C(N)CCc1ccccc1. The van der Waals surface area contributed by atoms with E-state index < -0.39 is 6.04 Å². The third-order valence-electron chi connectivity index (χ3n) is 3.17. The number of hydrogen-bond acceptors (Lipinski definition) is 3. The van der Waals surface area contributed by atoms with Crippen LogP contribution < -0.4 is 11.1 Å². The van der Waals surface area contributed by atoms with Crippen molar-refractivity contribution in [3.63, 3.8) is 0 Å². The summed E-state index contributed by atoms with van der Waals surface area (Å²) in [6, 6.07) is 13.2. The number of nitrogens with two attached hydrogens (primary N) is 1. The Kier molecular flexibility index (Phi) is 4.85. The maximum Gasteiger partial charge on any atom is 0.242 e. The fourth-order valence-electron chi connectivity index (χ4n) is 1.92. The van der Waals surface area contributed by atoms with Gasteiger partial charge in [-0.3, -0.25) is 4.79 Å². The maximum absolute atomic E-state index is 12.0. The standard InChI is InChI=1S/C16H19N3O/c1-12-6-5-11-18-15(12)19-16(20)14(17)10-9-13-7-3-2-4-8-13/h2-8,11,14H,9-10,17H2,1H3,(H,18,19,20). The lowest BCUT2D eigenvalue weighted by molar-refractivity contribution is -0.117. The topological polar surface area (TPSA) is 68.0 Å². The van der Waals surface area contributed by atoms with Crippen LogP contribution in [0.1, 0.15) is 17.5 Å². The lowest BCUT2D eigenvalue weighted by atomic mass is 10.1. The van der Waals surface area contributed by atoms with Crippen molar-refractivity contribution in [2.75, 3.05) is 5.32 Å². The van der Waals surface area contributed by atoms with Crippen LogP contribution in [-0.2, 0) is 11.2 Å². The van der Waals surface area contributed by atoms with Crippen LogP contribution in [0.25, 0.3) is 0 Å². The van der Waals surface area contributed by atoms with Gasteiger partial charge >= 0.3 is 0 Å². The van der Waals surface area contributed by atoms with Gasteiger partial charge in [0.05, 0.1) is 6.04 Å². The molecule has 4 nitrogen and oxygen atoms in total. The number of carbonyl (C=O) groups excluding carboxylic acids is 1. The van der Waals surface area contributed by atoms with Gasteiger partial charge in [0.2, 0.25) is 5.91 Å². The molecule has 20 heavy (non-hydrogen) atoms. The van der Waals surface area contributed by atoms with E-state index >= 15 is 0 Å². The van der Waals surface area contributed by atoms with Crippen LogP contribution in [0.2, 0.25) is 0 Å². The Labute approximate surface area is 119 Å². The lowest BCUT2D eigenvalue weighted by Crippen LogP contribution is -2.36. The molecular weight excluding hydrogens is 250 g/mol. The molecule has 4 heteroatoms. The molecule has 0 aliphatic rings.